The highest BCUT2D eigenvalue weighted by atomic mass is 16.5. The summed E-state index contributed by atoms with van der Waals surface area (Å²) >= 11 is 0. The van der Waals surface area contributed by atoms with Crippen LogP contribution in [-0.2, 0) is 4.74 Å². The van der Waals surface area contributed by atoms with Gasteiger partial charge in [-0.05, 0) is 76.2 Å². The van der Waals surface area contributed by atoms with Gasteiger partial charge in [-0.2, -0.15) is 0 Å². The standard InChI is InChI=1S/C16H29NO/c1-14(2,3)17-12-13-11-16(13)6-4-5-15(16)7-9-18-10-8-15/h13,17H,4-12H2,1-3H3. The summed E-state index contributed by atoms with van der Waals surface area (Å²) in [5, 5.41) is 3.73. The van der Waals surface area contributed by atoms with Crippen molar-refractivity contribution >= 4 is 0 Å². The zero-order valence-electron chi connectivity index (χ0n) is 12.3. The van der Waals surface area contributed by atoms with Crippen LogP contribution in [0.5, 0.6) is 0 Å². The molecule has 2 unspecified atom stereocenters. The molecule has 3 rings (SSSR count). The lowest BCUT2D eigenvalue weighted by molar-refractivity contribution is -0.0185. The molecule has 0 amide bonds. The van der Waals surface area contributed by atoms with E-state index in [4.69, 9.17) is 4.74 Å². The number of rotatable bonds is 2. The van der Waals surface area contributed by atoms with Crippen LogP contribution in [0.25, 0.3) is 0 Å². The van der Waals surface area contributed by atoms with Crippen LogP contribution in [0, 0.1) is 16.7 Å². The van der Waals surface area contributed by atoms with Crippen molar-refractivity contribution in [2.75, 3.05) is 19.8 Å². The molecule has 2 aliphatic carbocycles. The summed E-state index contributed by atoms with van der Waals surface area (Å²) in [6, 6.07) is 0. The zero-order valence-corrected chi connectivity index (χ0v) is 12.3. The van der Waals surface area contributed by atoms with E-state index in [1.54, 1.807) is 0 Å². The molecule has 2 heteroatoms. The Morgan fingerprint density at radius 1 is 1.11 bits per heavy atom. The predicted molar refractivity (Wildman–Crippen MR) is 74.6 cm³/mol. The van der Waals surface area contributed by atoms with E-state index in [0.29, 0.717) is 10.8 Å². The maximum absolute atomic E-state index is 5.61. The molecule has 0 aromatic rings. The Bertz CT molecular complexity index is 314. The first-order valence-corrected chi connectivity index (χ1v) is 7.80. The molecule has 0 aromatic carbocycles. The normalized spacial score (nSPS) is 38.5. The van der Waals surface area contributed by atoms with E-state index in [0.717, 1.165) is 19.1 Å². The molecule has 1 N–H and O–H groups in total. The molecule has 3 aliphatic rings. The van der Waals surface area contributed by atoms with Crippen LogP contribution in [0.3, 0.4) is 0 Å². The second kappa shape index (κ2) is 4.21. The lowest BCUT2D eigenvalue weighted by Gasteiger charge is -2.40. The summed E-state index contributed by atoms with van der Waals surface area (Å²) in [6.45, 7) is 10.1. The smallest absolute Gasteiger partial charge is 0.0471 e. The third-order valence-electron chi connectivity index (χ3n) is 5.90. The molecule has 0 radical (unpaired) electrons. The molecule has 0 bridgehead atoms. The maximum atomic E-state index is 5.61. The molecule has 0 aromatic heterocycles. The fourth-order valence-electron chi connectivity index (χ4n) is 4.80. The van der Waals surface area contributed by atoms with Gasteiger partial charge in [0.05, 0.1) is 0 Å². The van der Waals surface area contributed by atoms with Gasteiger partial charge in [0.2, 0.25) is 0 Å². The van der Waals surface area contributed by atoms with E-state index in [1.165, 1.54) is 45.1 Å². The van der Waals surface area contributed by atoms with Crippen molar-refractivity contribution in [3.63, 3.8) is 0 Å². The number of hydrogen-bond donors (Lipinski definition) is 1. The van der Waals surface area contributed by atoms with Crippen molar-refractivity contribution in [2.45, 2.75) is 64.8 Å². The van der Waals surface area contributed by atoms with Crippen LogP contribution in [0.4, 0.5) is 0 Å². The van der Waals surface area contributed by atoms with Gasteiger partial charge in [-0.1, -0.05) is 6.42 Å². The average molecular weight is 251 g/mol. The van der Waals surface area contributed by atoms with Crippen molar-refractivity contribution in [1.82, 2.24) is 5.32 Å². The van der Waals surface area contributed by atoms with Crippen LogP contribution in [0.2, 0.25) is 0 Å². The molecule has 18 heavy (non-hydrogen) atoms. The Kier molecular flexibility index (Phi) is 3.02. The highest BCUT2D eigenvalue weighted by molar-refractivity contribution is 5.17. The van der Waals surface area contributed by atoms with Gasteiger partial charge < -0.3 is 10.1 Å². The molecule has 1 aliphatic heterocycles. The highest BCUT2D eigenvalue weighted by Crippen LogP contribution is 2.74. The van der Waals surface area contributed by atoms with Crippen LogP contribution < -0.4 is 5.32 Å². The minimum absolute atomic E-state index is 0.269. The topological polar surface area (TPSA) is 21.3 Å². The van der Waals surface area contributed by atoms with Gasteiger partial charge in [0, 0.05) is 18.8 Å². The molecule has 2 spiro atoms. The first kappa shape index (κ1) is 12.9. The zero-order chi connectivity index (χ0) is 12.9. The molecule has 104 valence electrons. The molecular formula is C16H29NO. The second-order valence-corrected chi connectivity index (χ2v) is 7.93. The number of hydrogen-bond acceptors (Lipinski definition) is 2. The summed E-state index contributed by atoms with van der Waals surface area (Å²) < 4.78 is 5.61. The molecule has 2 atom stereocenters. The van der Waals surface area contributed by atoms with Crippen molar-refractivity contribution in [3.8, 4) is 0 Å². The van der Waals surface area contributed by atoms with Crippen LogP contribution in [-0.4, -0.2) is 25.3 Å². The van der Waals surface area contributed by atoms with E-state index in [-0.39, 0.29) is 5.54 Å². The highest BCUT2D eigenvalue weighted by Gasteiger charge is 2.67. The minimum Gasteiger partial charge on any atom is -0.381 e. The Labute approximate surface area is 112 Å². The first-order valence-electron chi connectivity index (χ1n) is 7.80. The number of fused-ring (bicyclic) bond motifs is 1. The summed E-state index contributed by atoms with van der Waals surface area (Å²) in [6.07, 6.45) is 8.58. The monoisotopic (exact) mass is 251 g/mol. The van der Waals surface area contributed by atoms with E-state index in [9.17, 15) is 0 Å². The molecular weight excluding hydrogens is 222 g/mol. The van der Waals surface area contributed by atoms with E-state index >= 15 is 0 Å². The van der Waals surface area contributed by atoms with Gasteiger partial charge in [-0.3, -0.25) is 0 Å². The molecule has 1 saturated heterocycles. The molecule has 2 nitrogen and oxygen atoms in total. The summed E-state index contributed by atoms with van der Waals surface area (Å²) in [4.78, 5) is 0. The molecule has 3 fully saturated rings. The number of ether oxygens (including phenoxy) is 1. The van der Waals surface area contributed by atoms with Crippen LogP contribution in [0.1, 0.15) is 59.3 Å². The lowest BCUT2D eigenvalue weighted by Crippen LogP contribution is -2.40. The third kappa shape index (κ3) is 2.02. The number of nitrogens with one attached hydrogen (secondary N) is 1. The lowest BCUT2D eigenvalue weighted by atomic mass is 9.68. The second-order valence-electron chi connectivity index (χ2n) is 7.93. The molecule has 1 heterocycles. The van der Waals surface area contributed by atoms with Crippen LogP contribution in [0.15, 0.2) is 0 Å². The fraction of sp³-hybridized carbons (Fsp3) is 1.00. The van der Waals surface area contributed by atoms with Gasteiger partial charge in [0.15, 0.2) is 0 Å². The van der Waals surface area contributed by atoms with Crippen molar-refractivity contribution < 1.29 is 4.74 Å². The summed E-state index contributed by atoms with van der Waals surface area (Å²) in [5.41, 5.74) is 1.63. The largest absolute Gasteiger partial charge is 0.381 e. The van der Waals surface area contributed by atoms with Gasteiger partial charge in [-0.15, -0.1) is 0 Å². The van der Waals surface area contributed by atoms with Gasteiger partial charge >= 0.3 is 0 Å². The molecule has 2 saturated carbocycles. The van der Waals surface area contributed by atoms with E-state index < -0.39 is 0 Å². The van der Waals surface area contributed by atoms with Gasteiger partial charge in [-0.25, -0.2) is 0 Å². The fourth-order valence-corrected chi connectivity index (χ4v) is 4.80. The SMILES string of the molecule is CC(C)(C)NCC1CC12CCCC21CCOCC1. The Balaban J connectivity index is 1.65. The Morgan fingerprint density at radius 2 is 1.83 bits per heavy atom. The minimum atomic E-state index is 0.269. The van der Waals surface area contributed by atoms with Crippen LogP contribution >= 0.6 is 0 Å². The third-order valence-corrected chi connectivity index (χ3v) is 5.90. The van der Waals surface area contributed by atoms with Crippen molar-refractivity contribution in [2.24, 2.45) is 16.7 Å². The summed E-state index contributed by atoms with van der Waals surface area (Å²) in [7, 11) is 0. The van der Waals surface area contributed by atoms with Gasteiger partial charge in [0.1, 0.15) is 0 Å². The predicted octanol–water partition coefficient (Wildman–Crippen LogP) is 3.36. The Hall–Kier alpha value is -0.0800. The first-order chi connectivity index (χ1) is 8.48. The quantitative estimate of drug-likeness (QED) is 0.812. The maximum Gasteiger partial charge on any atom is 0.0471 e. The van der Waals surface area contributed by atoms with E-state index in [2.05, 4.69) is 26.1 Å². The van der Waals surface area contributed by atoms with Gasteiger partial charge in [0.25, 0.3) is 0 Å². The van der Waals surface area contributed by atoms with Crippen molar-refractivity contribution in [3.05, 3.63) is 0 Å². The Morgan fingerprint density at radius 3 is 2.50 bits per heavy atom. The van der Waals surface area contributed by atoms with E-state index in [1.807, 2.05) is 0 Å². The van der Waals surface area contributed by atoms with Crippen molar-refractivity contribution in [1.29, 1.82) is 0 Å². The average Bonchev–Trinajstić information content (AvgIpc) is 2.93. The summed E-state index contributed by atoms with van der Waals surface area (Å²) in [5.74, 6) is 0.942.